The van der Waals surface area contributed by atoms with E-state index in [9.17, 15) is 4.79 Å². The second-order valence-electron chi connectivity index (χ2n) is 3.98. The quantitative estimate of drug-likeness (QED) is 0.759. The van der Waals surface area contributed by atoms with Gasteiger partial charge in [-0.05, 0) is 38.1 Å². The van der Waals surface area contributed by atoms with Crippen molar-refractivity contribution in [2.75, 3.05) is 5.73 Å². The molecule has 0 spiro atoms. The molecule has 2 rings (SSSR count). The maximum absolute atomic E-state index is 11.0. The first-order chi connectivity index (χ1) is 7.99. The van der Waals surface area contributed by atoms with Crippen LogP contribution in [-0.4, -0.2) is 15.7 Å². The minimum absolute atomic E-state index is 0.396. The van der Waals surface area contributed by atoms with Gasteiger partial charge in [-0.15, -0.1) is 0 Å². The molecule has 17 heavy (non-hydrogen) atoms. The molecule has 5 nitrogen and oxygen atoms in total. The van der Waals surface area contributed by atoms with Crippen molar-refractivity contribution in [3.05, 3.63) is 41.2 Å². The lowest BCUT2D eigenvalue weighted by Crippen LogP contribution is -2.12. The molecule has 0 aliphatic carbocycles. The highest BCUT2D eigenvalue weighted by molar-refractivity contribution is 5.94. The molecule has 0 aliphatic rings. The minimum Gasteiger partial charge on any atom is -0.397 e. The zero-order chi connectivity index (χ0) is 12.6. The molecule has 0 bridgehead atoms. The van der Waals surface area contributed by atoms with Gasteiger partial charge >= 0.3 is 0 Å². The molecule has 88 valence electrons. The second-order valence-corrected chi connectivity index (χ2v) is 3.98. The number of hydrogen-bond donors (Lipinski definition) is 2. The van der Waals surface area contributed by atoms with E-state index < -0.39 is 5.91 Å². The number of hydrogen-bond acceptors (Lipinski definition) is 3. The summed E-state index contributed by atoms with van der Waals surface area (Å²) in [5, 5.41) is 4.34. The Balaban J connectivity index is 2.54. The summed E-state index contributed by atoms with van der Waals surface area (Å²) in [4.78, 5) is 11.0. The highest BCUT2D eigenvalue weighted by atomic mass is 16.1. The lowest BCUT2D eigenvalue weighted by atomic mass is 10.1. The van der Waals surface area contributed by atoms with Gasteiger partial charge in [0.25, 0.3) is 0 Å². The Kier molecular flexibility index (Phi) is 2.59. The van der Waals surface area contributed by atoms with Crippen molar-refractivity contribution in [3.8, 4) is 5.69 Å². The van der Waals surface area contributed by atoms with Gasteiger partial charge in [0.15, 0.2) is 0 Å². The van der Waals surface area contributed by atoms with Crippen LogP contribution in [0.15, 0.2) is 24.3 Å². The number of carbonyl (C=O) groups excluding carboxylic acids is 1. The monoisotopic (exact) mass is 230 g/mol. The number of amides is 1. The topological polar surface area (TPSA) is 86.9 Å². The third-order valence-electron chi connectivity index (χ3n) is 2.55. The van der Waals surface area contributed by atoms with Crippen molar-refractivity contribution in [1.29, 1.82) is 0 Å². The number of rotatable bonds is 2. The number of aryl methyl sites for hydroxylation is 2. The molecule has 1 aromatic carbocycles. The fraction of sp³-hybridized carbons (Fsp3) is 0.167. The van der Waals surface area contributed by atoms with Gasteiger partial charge in [-0.25, -0.2) is 4.68 Å². The summed E-state index contributed by atoms with van der Waals surface area (Å²) in [6.07, 6.45) is 0. The lowest BCUT2D eigenvalue weighted by Gasteiger charge is -2.08. The fourth-order valence-corrected chi connectivity index (χ4v) is 1.77. The minimum atomic E-state index is -0.489. The standard InChI is InChI=1S/C12H14N4O/c1-7-5-8(2)16(15-7)11-4-3-9(12(14)17)6-10(11)13/h3-6H,13H2,1-2H3,(H2,14,17). The first kappa shape index (κ1) is 11.2. The summed E-state index contributed by atoms with van der Waals surface area (Å²) < 4.78 is 1.75. The van der Waals surface area contributed by atoms with Crippen LogP contribution in [0.25, 0.3) is 5.69 Å². The molecule has 0 unspecified atom stereocenters. The van der Waals surface area contributed by atoms with Crippen molar-refractivity contribution in [3.63, 3.8) is 0 Å². The molecular weight excluding hydrogens is 216 g/mol. The highest BCUT2D eigenvalue weighted by Crippen LogP contribution is 2.20. The number of aromatic nitrogens is 2. The van der Waals surface area contributed by atoms with E-state index in [1.165, 1.54) is 0 Å². The van der Waals surface area contributed by atoms with Crippen molar-refractivity contribution in [2.24, 2.45) is 5.73 Å². The number of carbonyl (C=O) groups is 1. The van der Waals surface area contributed by atoms with Gasteiger partial charge in [0.05, 0.1) is 17.1 Å². The third-order valence-corrected chi connectivity index (χ3v) is 2.55. The molecular formula is C12H14N4O. The lowest BCUT2D eigenvalue weighted by molar-refractivity contribution is 0.100. The van der Waals surface area contributed by atoms with Gasteiger partial charge < -0.3 is 11.5 Å². The number of nitrogen functional groups attached to an aromatic ring is 1. The fourth-order valence-electron chi connectivity index (χ4n) is 1.77. The summed E-state index contributed by atoms with van der Waals surface area (Å²) in [6.45, 7) is 3.86. The van der Waals surface area contributed by atoms with Crippen molar-refractivity contribution < 1.29 is 4.79 Å². The van der Waals surface area contributed by atoms with Crippen LogP contribution in [0.1, 0.15) is 21.7 Å². The van der Waals surface area contributed by atoms with Crippen LogP contribution < -0.4 is 11.5 Å². The van der Waals surface area contributed by atoms with Gasteiger partial charge in [-0.3, -0.25) is 4.79 Å². The van der Waals surface area contributed by atoms with Crippen molar-refractivity contribution >= 4 is 11.6 Å². The first-order valence-electron chi connectivity index (χ1n) is 5.22. The summed E-state index contributed by atoms with van der Waals surface area (Å²) >= 11 is 0. The van der Waals surface area contributed by atoms with Crippen LogP contribution in [0.5, 0.6) is 0 Å². The molecule has 1 aromatic heterocycles. The Morgan fingerprint density at radius 3 is 2.47 bits per heavy atom. The van der Waals surface area contributed by atoms with Crippen LogP contribution >= 0.6 is 0 Å². The van der Waals surface area contributed by atoms with Crippen molar-refractivity contribution in [2.45, 2.75) is 13.8 Å². The zero-order valence-corrected chi connectivity index (χ0v) is 9.77. The van der Waals surface area contributed by atoms with Crippen LogP contribution in [0.2, 0.25) is 0 Å². The van der Waals surface area contributed by atoms with Crippen LogP contribution in [0.4, 0.5) is 5.69 Å². The molecule has 0 radical (unpaired) electrons. The van der Waals surface area contributed by atoms with E-state index in [1.807, 2.05) is 19.9 Å². The predicted octanol–water partition coefficient (Wildman–Crippen LogP) is 1.17. The van der Waals surface area contributed by atoms with Gasteiger partial charge in [0.2, 0.25) is 5.91 Å². The normalized spacial score (nSPS) is 10.5. The van der Waals surface area contributed by atoms with E-state index in [0.717, 1.165) is 17.1 Å². The Morgan fingerprint density at radius 2 is 2.00 bits per heavy atom. The Bertz CT molecular complexity index is 586. The first-order valence-corrected chi connectivity index (χ1v) is 5.22. The molecule has 1 amide bonds. The van der Waals surface area contributed by atoms with E-state index >= 15 is 0 Å². The molecule has 4 N–H and O–H groups in total. The average molecular weight is 230 g/mol. The molecule has 5 heteroatoms. The van der Waals surface area contributed by atoms with E-state index in [1.54, 1.807) is 22.9 Å². The SMILES string of the molecule is Cc1cc(C)n(-c2ccc(C(N)=O)cc2N)n1. The van der Waals surface area contributed by atoms with Crippen LogP contribution in [0, 0.1) is 13.8 Å². The van der Waals surface area contributed by atoms with E-state index in [4.69, 9.17) is 11.5 Å². The molecule has 2 aromatic rings. The molecule has 0 saturated heterocycles. The van der Waals surface area contributed by atoms with Crippen LogP contribution in [0.3, 0.4) is 0 Å². The predicted molar refractivity (Wildman–Crippen MR) is 66.0 cm³/mol. The summed E-state index contributed by atoms with van der Waals surface area (Å²) in [5.74, 6) is -0.489. The highest BCUT2D eigenvalue weighted by Gasteiger charge is 2.09. The Hall–Kier alpha value is -2.30. The zero-order valence-electron chi connectivity index (χ0n) is 9.77. The van der Waals surface area contributed by atoms with Crippen molar-refractivity contribution in [1.82, 2.24) is 9.78 Å². The third kappa shape index (κ3) is 1.99. The number of anilines is 1. The Morgan fingerprint density at radius 1 is 1.29 bits per heavy atom. The number of nitrogens with zero attached hydrogens (tertiary/aromatic N) is 2. The summed E-state index contributed by atoms with van der Waals surface area (Å²) in [6, 6.07) is 6.91. The molecule has 0 aliphatic heterocycles. The molecule has 0 atom stereocenters. The molecule has 0 fully saturated rings. The second kappa shape index (κ2) is 3.93. The maximum Gasteiger partial charge on any atom is 0.248 e. The molecule has 1 heterocycles. The smallest absolute Gasteiger partial charge is 0.248 e. The largest absolute Gasteiger partial charge is 0.397 e. The average Bonchev–Trinajstić information content (AvgIpc) is 2.57. The van der Waals surface area contributed by atoms with Gasteiger partial charge in [-0.2, -0.15) is 5.10 Å². The van der Waals surface area contributed by atoms with Gasteiger partial charge in [0, 0.05) is 11.3 Å². The number of primary amides is 1. The summed E-state index contributed by atoms with van der Waals surface area (Å²) in [5.41, 5.74) is 14.6. The molecule has 0 saturated carbocycles. The van der Waals surface area contributed by atoms with E-state index in [-0.39, 0.29) is 0 Å². The maximum atomic E-state index is 11.0. The number of benzene rings is 1. The van der Waals surface area contributed by atoms with Crippen LogP contribution in [-0.2, 0) is 0 Å². The summed E-state index contributed by atoms with van der Waals surface area (Å²) in [7, 11) is 0. The van der Waals surface area contributed by atoms with E-state index in [0.29, 0.717) is 11.3 Å². The van der Waals surface area contributed by atoms with Gasteiger partial charge in [-0.1, -0.05) is 0 Å². The number of nitrogens with two attached hydrogens (primary N) is 2. The van der Waals surface area contributed by atoms with E-state index in [2.05, 4.69) is 5.10 Å². The Labute approximate surface area is 99.0 Å². The van der Waals surface area contributed by atoms with Gasteiger partial charge in [0.1, 0.15) is 0 Å².